The summed E-state index contributed by atoms with van der Waals surface area (Å²) < 4.78 is 5.43. The highest BCUT2D eigenvalue weighted by Crippen LogP contribution is 2.32. The predicted molar refractivity (Wildman–Crippen MR) is 105 cm³/mol. The van der Waals surface area contributed by atoms with Crippen LogP contribution in [0.5, 0.6) is 5.75 Å². The number of Topliss-reactive ketones (excluding diaryl/α,β-unsaturated/α-hetero) is 1. The molecule has 6 nitrogen and oxygen atoms in total. The standard InChI is InChI=1S/C21H15NO5S/c1-14(23)15-5-4-6-17(13-15)27-21(24)19-7-2-3-8-20(19)28-18-11-9-16(10-12-18)22(25)26/h2-13H,1H3. The van der Waals surface area contributed by atoms with Gasteiger partial charge in [0.1, 0.15) is 5.75 Å². The van der Waals surface area contributed by atoms with Crippen molar-refractivity contribution in [3.63, 3.8) is 0 Å². The topological polar surface area (TPSA) is 86.5 Å². The van der Waals surface area contributed by atoms with Gasteiger partial charge in [-0.25, -0.2) is 4.79 Å². The molecule has 0 atom stereocenters. The van der Waals surface area contributed by atoms with Crippen molar-refractivity contribution in [1.29, 1.82) is 0 Å². The van der Waals surface area contributed by atoms with Crippen molar-refractivity contribution in [3.05, 3.63) is 94.0 Å². The Morgan fingerprint density at radius 1 is 0.964 bits per heavy atom. The smallest absolute Gasteiger partial charge is 0.344 e. The summed E-state index contributed by atoms with van der Waals surface area (Å²) in [4.78, 5) is 35.8. The van der Waals surface area contributed by atoms with Crippen molar-refractivity contribution in [2.24, 2.45) is 0 Å². The molecular weight excluding hydrogens is 378 g/mol. The molecule has 0 unspecified atom stereocenters. The molecule has 3 rings (SSSR count). The van der Waals surface area contributed by atoms with Crippen LogP contribution in [-0.4, -0.2) is 16.7 Å². The quantitative estimate of drug-likeness (QED) is 0.189. The first-order chi connectivity index (χ1) is 13.4. The summed E-state index contributed by atoms with van der Waals surface area (Å²) in [5, 5.41) is 10.8. The second-order valence-electron chi connectivity index (χ2n) is 5.82. The van der Waals surface area contributed by atoms with Gasteiger partial charge in [-0.3, -0.25) is 14.9 Å². The number of ketones is 1. The van der Waals surface area contributed by atoms with Crippen LogP contribution in [0.1, 0.15) is 27.6 Å². The molecule has 0 heterocycles. The Hall–Kier alpha value is -3.45. The molecule has 3 aromatic rings. The van der Waals surface area contributed by atoms with Crippen LogP contribution >= 0.6 is 11.8 Å². The fraction of sp³-hybridized carbons (Fsp3) is 0.0476. The van der Waals surface area contributed by atoms with E-state index in [0.717, 1.165) is 4.90 Å². The maximum Gasteiger partial charge on any atom is 0.344 e. The van der Waals surface area contributed by atoms with Crippen LogP contribution in [0.2, 0.25) is 0 Å². The highest BCUT2D eigenvalue weighted by atomic mass is 32.2. The molecule has 0 aromatic heterocycles. The van der Waals surface area contributed by atoms with Crippen LogP contribution in [-0.2, 0) is 0 Å². The van der Waals surface area contributed by atoms with E-state index >= 15 is 0 Å². The van der Waals surface area contributed by atoms with Crippen LogP contribution in [0, 0.1) is 10.1 Å². The zero-order chi connectivity index (χ0) is 20.1. The van der Waals surface area contributed by atoms with E-state index in [2.05, 4.69) is 0 Å². The van der Waals surface area contributed by atoms with Gasteiger partial charge >= 0.3 is 5.97 Å². The lowest BCUT2D eigenvalue weighted by Gasteiger charge is -2.09. The molecule has 0 fully saturated rings. The molecular formula is C21H15NO5S. The van der Waals surface area contributed by atoms with Crippen LogP contribution < -0.4 is 4.74 Å². The van der Waals surface area contributed by atoms with Crippen LogP contribution in [0.3, 0.4) is 0 Å². The lowest BCUT2D eigenvalue weighted by molar-refractivity contribution is -0.384. The van der Waals surface area contributed by atoms with E-state index in [0.29, 0.717) is 16.0 Å². The van der Waals surface area contributed by atoms with Gasteiger partial charge in [-0.1, -0.05) is 36.0 Å². The third kappa shape index (κ3) is 4.63. The average Bonchev–Trinajstić information content (AvgIpc) is 2.69. The van der Waals surface area contributed by atoms with Gasteiger partial charge in [-0.15, -0.1) is 0 Å². The molecule has 0 saturated heterocycles. The SMILES string of the molecule is CC(=O)c1cccc(OC(=O)c2ccccc2Sc2ccc([N+](=O)[O-])cc2)c1. The molecule has 0 aliphatic heterocycles. The Morgan fingerprint density at radius 3 is 2.36 bits per heavy atom. The van der Waals surface area contributed by atoms with Gasteiger partial charge in [0.25, 0.3) is 5.69 Å². The van der Waals surface area contributed by atoms with Gasteiger partial charge in [-0.2, -0.15) is 0 Å². The lowest BCUT2D eigenvalue weighted by atomic mass is 10.1. The van der Waals surface area contributed by atoms with E-state index in [1.54, 1.807) is 54.6 Å². The van der Waals surface area contributed by atoms with Crippen molar-refractivity contribution >= 4 is 29.2 Å². The van der Waals surface area contributed by atoms with Crippen molar-refractivity contribution in [2.75, 3.05) is 0 Å². The first kappa shape index (κ1) is 19.3. The normalized spacial score (nSPS) is 10.3. The molecule has 0 saturated carbocycles. The largest absolute Gasteiger partial charge is 0.423 e. The third-order valence-corrected chi connectivity index (χ3v) is 4.92. The van der Waals surface area contributed by atoms with E-state index in [1.165, 1.54) is 36.9 Å². The summed E-state index contributed by atoms with van der Waals surface area (Å²) in [5.41, 5.74) is 0.820. The molecule has 7 heteroatoms. The highest BCUT2D eigenvalue weighted by Gasteiger charge is 2.15. The number of non-ortho nitro benzene ring substituents is 1. The molecule has 140 valence electrons. The number of hydrogen-bond donors (Lipinski definition) is 0. The molecule has 0 bridgehead atoms. The van der Waals surface area contributed by atoms with Gasteiger partial charge in [0, 0.05) is 27.5 Å². The van der Waals surface area contributed by atoms with E-state index in [1.807, 2.05) is 0 Å². The Morgan fingerprint density at radius 2 is 1.68 bits per heavy atom. The van der Waals surface area contributed by atoms with E-state index in [4.69, 9.17) is 4.74 Å². The van der Waals surface area contributed by atoms with E-state index < -0.39 is 10.9 Å². The number of carbonyl (C=O) groups excluding carboxylic acids is 2. The van der Waals surface area contributed by atoms with Gasteiger partial charge in [-0.05, 0) is 43.3 Å². The molecule has 0 aliphatic rings. The Labute approximate surface area is 165 Å². The Bertz CT molecular complexity index is 1050. The van der Waals surface area contributed by atoms with Gasteiger partial charge < -0.3 is 4.74 Å². The zero-order valence-corrected chi connectivity index (χ0v) is 15.6. The van der Waals surface area contributed by atoms with Crippen molar-refractivity contribution in [3.8, 4) is 5.75 Å². The summed E-state index contributed by atoms with van der Waals surface area (Å²) in [7, 11) is 0. The van der Waals surface area contributed by atoms with Crippen LogP contribution in [0.4, 0.5) is 5.69 Å². The summed E-state index contributed by atoms with van der Waals surface area (Å²) in [6.45, 7) is 1.44. The molecule has 0 spiro atoms. The Balaban J connectivity index is 1.81. The fourth-order valence-corrected chi connectivity index (χ4v) is 3.36. The van der Waals surface area contributed by atoms with E-state index in [9.17, 15) is 19.7 Å². The molecule has 3 aromatic carbocycles. The van der Waals surface area contributed by atoms with Crippen molar-refractivity contribution in [1.82, 2.24) is 0 Å². The summed E-state index contributed by atoms with van der Waals surface area (Å²) in [6, 6.07) is 19.4. The lowest BCUT2D eigenvalue weighted by Crippen LogP contribution is -2.10. The number of benzene rings is 3. The van der Waals surface area contributed by atoms with Gasteiger partial charge in [0.2, 0.25) is 0 Å². The summed E-state index contributed by atoms with van der Waals surface area (Å²) in [5.74, 6) is -0.384. The highest BCUT2D eigenvalue weighted by molar-refractivity contribution is 7.99. The monoisotopic (exact) mass is 393 g/mol. The molecule has 0 radical (unpaired) electrons. The first-order valence-corrected chi connectivity index (χ1v) is 9.10. The number of rotatable bonds is 6. The number of carbonyl (C=O) groups is 2. The number of hydrogen-bond acceptors (Lipinski definition) is 6. The van der Waals surface area contributed by atoms with Crippen LogP contribution in [0.15, 0.2) is 82.6 Å². The number of esters is 1. The summed E-state index contributed by atoms with van der Waals surface area (Å²) >= 11 is 1.30. The van der Waals surface area contributed by atoms with Crippen LogP contribution in [0.25, 0.3) is 0 Å². The number of nitrogens with zero attached hydrogens (tertiary/aromatic N) is 1. The minimum absolute atomic E-state index is 0.00222. The molecule has 0 amide bonds. The molecule has 0 aliphatic carbocycles. The summed E-state index contributed by atoms with van der Waals surface area (Å²) in [6.07, 6.45) is 0. The minimum Gasteiger partial charge on any atom is -0.423 e. The third-order valence-electron chi connectivity index (χ3n) is 3.83. The zero-order valence-electron chi connectivity index (χ0n) is 14.8. The maximum atomic E-state index is 12.6. The average molecular weight is 393 g/mol. The van der Waals surface area contributed by atoms with E-state index in [-0.39, 0.29) is 17.2 Å². The molecule has 0 N–H and O–H groups in total. The second kappa shape index (κ2) is 8.49. The maximum absolute atomic E-state index is 12.6. The van der Waals surface area contributed by atoms with Gasteiger partial charge in [0.05, 0.1) is 10.5 Å². The number of nitro benzene ring substituents is 1. The van der Waals surface area contributed by atoms with Crippen molar-refractivity contribution < 1.29 is 19.2 Å². The van der Waals surface area contributed by atoms with Gasteiger partial charge in [0.15, 0.2) is 5.78 Å². The second-order valence-corrected chi connectivity index (χ2v) is 6.94. The fourth-order valence-electron chi connectivity index (χ4n) is 2.43. The first-order valence-electron chi connectivity index (χ1n) is 8.28. The van der Waals surface area contributed by atoms with Crippen molar-refractivity contribution in [2.45, 2.75) is 16.7 Å². The number of ether oxygens (including phenoxy) is 1. The Kier molecular flexibility index (Phi) is 5.86. The predicted octanol–water partition coefficient (Wildman–Crippen LogP) is 5.17. The molecule has 28 heavy (non-hydrogen) atoms. The number of nitro groups is 1. The minimum atomic E-state index is -0.550.